The van der Waals surface area contributed by atoms with Crippen molar-refractivity contribution in [1.82, 2.24) is 0 Å². The second-order valence-corrected chi connectivity index (χ2v) is 5.28. The molecule has 0 amide bonds. The van der Waals surface area contributed by atoms with Crippen LogP contribution in [-0.4, -0.2) is 30.1 Å². The molecular weight excluding hydrogens is 198 g/mol. The van der Waals surface area contributed by atoms with E-state index in [1.54, 1.807) is 6.92 Å². The van der Waals surface area contributed by atoms with Crippen molar-refractivity contribution in [2.24, 2.45) is 11.7 Å². The highest BCUT2D eigenvalue weighted by atomic mass is 32.2. The maximum absolute atomic E-state index is 11.2. The van der Waals surface area contributed by atoms with E-state index in [1.807, 2.05) is 11.8 Å². The highest BCUT2D eigenvalue weighted by Gasteiger charge is 2.28. The number of rotatable bonds is 6. The van der Waals surface area contributed by atoms with Crippen molar-refractivity contribution in [1.29, 1.82) is 0 Å². The number of thioether (sulfide) groups is 1. The molecule has 0 fully saturated rings. The van der Waals surface area contributed by atoms with Crippen LogP contribution in [-0.2, 0) is 9.53 Å². The summed E-state index contributed by atoms with van der Waals surface area (Å²) in [5, 5.41) is 0. The molecule has 1 atom stereocenters. The largest absolute Gasteiger partial charge is 0.468 e. The lowest BCUT2D eigenvalue weighted by molar-refractivity contribution is -0.146. The van der Waals surface area contributed by atoms with E-state index in [2.05, 4.69) is 18.6 Å². The SMILES string of the molecule is COC(=O)C(C)(N)CCSCC(C)C. The van der Waals surface area contributed by atoms with Gasteiger partial charge in [-0.2, -0.15) is 11.8 Å². The number of nitrogens with two attached hydrogens (primary N) is 1. The van der Waals surface area contributed by atoms with Gasteiger partial charge >= 0.3 is 5.97 Å². The van der Waals surface area contributed by atoms with Crippen molar-refractivity contribution in [3.05, 3.63) is 0 Å². The lowest BCUT2D eigenvalue weighted by Crippen LogP contribution is -2.46. The van der Waals surface area contributed by atoms with Gasteiger partial charge in [0.25, 0.3) is 0 Å². The Labute approximate surface area is 90.8 Å². The molecule has 0 heterocycles. The molecule has 84 valence electrons. The second-order valence-electron chi connectivity index (χ2n) is 4.13. The third-order valence-electron chi connectivity index (χ3n) is 1.87. The Morgan fingerprint density at radius 2 is 2.14 bits per heavy atom. The molecule has 0 aliphatic rings. The van der Waals surface area contributed by atoms with E-state index in [1.165, 1.54) is 7.11 Å². The number of esters is 1. The molecule has 0 aromatic rings. The first-order valence-electron chi connectivity index (χ1n) is 4.85. The average Bonchev–Trinajstić information content (AvgIpc) is 2.10. The van der Waals surface area contributed by atoms with Gasteiger partial charge in [0, 0.05) is 0 Å². The molecule has 0 rings (SSSR count). The molecule has 0 aromatic carbocycles. The first-order valence-corrected chi connectivity index (χ1v) is 6.00. The standard InChI is InChI=1S/C10H21NO2S/c1-8(2)7-14-6-5-10(3,11)9(12)13-4/h8H,5-7,11H2,1-4H3. The van der Waals surface area contributed by atoms with Crippen molar-refractivity contribution in [3.8, 4) is 0 Å². The van der Waals surface area contributed by atoms with Gasteiger partial charge < -0.3 is 10.5 Å². The summed E-state index contributed by atoms with van der Waals surface area (Å²) in [5.41, 5.74) is 4.97. The highest BCUT2D eigenvalue weighted by molar-refractivity contribution is 7.99. The average molecular weight is 219 g/mol. The lowest BCUT2D eigenvalue weighted by atomic mass is 10.0. The Hall–Kier alpha value is -0.220. The number of carbonyl (C=O) groups is 1. The van der Waals surface area contributed by atoms with Crippen molar-refractivity contribution < 1.29 is 9.53 Å². The Morgan fingerprint density at radius 1 is 1.57 bits per heavy atom. The summed E-state index contributed by atoms with van der Waals surface area (Å²) in [4.78, 5) is 11.2. The van der Waals surface area contributed by atoms with Crippen LogP contribution in [0.25, 0.3) is 0 Å². The van der Waals surface area contributed by atoms with E-state index in [9.17, 15) is 4.79 Å². The molecule has 0 saturated carbocycles. The third kappa shape index (κ3) is 5.50. The summed E-state index contributed by atoms with van der Waals surface area (Å²) in [6.45, 7) is 6.07. The van der Waals surface area contributed by atoms with Gasteiger partial charge in [0.15, 0.2) is 0 Å². The molecule has 0 aliphatic heterocycles. The predicted octanol–water partition coefficient (Wildman–Crippen LogP) is 1.66. The third-order valence-corrected chi connectivity index (χ3v) is 3.26. The van der Waals surface area contributed by atoms with Crippen LogP contribution in [0.5, 0.6) is 0 Å². The molecule has 0 radical (unpaired) electrons. The number of hydrogen-bond donors (Lipinski definition) is 1. The minimum Gasteiger partial charge on any atom is -0.468 e. The Bertz CT molecular complexity index is 181. The Morgan fingerprint density at radius 3 is 2.57 bits per heavy atom. The van der Waals surface area contributed by atoms with E-state index >= 15 is 0 Å². The first kappa shape index (κ1) is 13.8. The Balaban J connectivity index is 3.71. The summed E-state index contributed by atoms with van der Waals surface area (Å²) in [5.74, 6) is 2.36. The van der Waals surface area contributed by atoms with E-state index in [4.69, 9.17) is 5.73 Å². The molecular formula is C10H21NO2S. The van der Waals surface area contributed by atoms with Gasteiger partial charge in [0.1, 0.15) is 5.54 Å². The normalized spacial score (nSPS) is 15.3. The van der Waals surface area contributed by atoms with Gasteiger partial charge in [-0.3, -0.25) is 4.79 Å². The summed E-state index contributed by atoms with van der Waals surface area (Å²) < 4.78 is 4.62. The monoisotopic (exact) mass is 219 g/mol. The quantitative estimate of drug-likeness (QED) is 0.545. The zero-order valence-electron chi connectivity index (χ0n) is 9.50. The van der Waals surface area contributed by atoms with Crippen LogP contribution < -0.4 is 5.73 Å². The van der Waals surface area contributed by atoms with Crippen LogP contribution in [0, 0.1) is 5.92 Å². The van der Waals surface area contributed by atoms with Crippen LogP contribution in [0.15, 0.2) is 0 Å². The van der Waals surface area contributed by atoms with Crippen LogP contribution >= 0.6 is 11.8 Å². The van der Waals surface area contributed by atoms with Gasteiger partial charge in [-0.05, 0) is 30.8 Å². The number of methoxy groups -OCH3 is 1. The van der Waals surface area contributed by atoms with Crippen LogP contribution in [0.3, 0.4) is 0 Å². The lowest BCUT2D eigenvalue weighted by Gasteiger charge is -2.21. The molecule has 2 N–H and O–H groups in total. The minimum atomic E-state index is -0.835. The number of ether oxygens (including phenoxy) is 1. The van der Waals surface area contributed by atoms with Gasteiger partial charge in [-0.1, -0.05) is 13.8 Å². The van der Waals surface area contributed by atoms with E-state index in [0.29, 0.717) is 12.3 Å². The molecule has 14 heavy (non-hydrogen) atoms. The van der Waals surface area contributed by atoms with Crippen molar-refractivity contribution in [2.75, 3.05) is 18.6 Å². The second kappa shape index (κ2) is 6.30. The highest BCUT2D eigenvalue weighted by Crippen LogP contribution is 2.15. The number of carbonyl (C=O) groups excluding carboxylic acids is 1. The predicted molar refractivity (Wildman–Crippen MR) is 61.4 cm³/mol. The first-order chi connectivity index (χ1) is 6.40. The van der Waals surface area contributed by atoms with E-state index < -0.39 is 5.54 Å². The smallest absolute Gasteiger partial charge is 0.325 e. The summed E-state index contributed by atoms with van der Waals surface area (Å²) in [7, 11) is 1.37. The zero-order chi connectivity index (χ0) is 11.2. The fourth-order valence-electron chi connectivity index (χ4n) is 0.938. The molecule has 0 aromatic heterocycles. The fourth-order valence-corrected chi connectivity index (χ4v) is 2.14. The topological polar surface area (TPSA) is 52.3 Å². The van der Waals surface area contributed by atoms with Crippen LogP contribution in [0.2, 0.25) is 0 Å². The Kier molecular flexibility index (Phi) is 6.20. The minimum absolute atomic E-state index is 0.331. The van der Waals surface area contributed by atoms with Crippen molar-refractivity contribution >= 4 is 17.7 Å². The molecule has 3 nitrogen and oxygen atoms in total. The maximum atomic E-state index is 11.2. The summed E-state index contributed by atoms with van der Waals surface area (Å²) in [6, 6.07) is 0. The van der Waals surface area contributed by atoms with Crippen LogP contribution in [0.1, 0.15) is 27.2 Å². The van der Waals surface area contributed by atoms with E-state index in [0.717, 1.165) is 11.5 Å². The van der Waals surface area contributed by atoms with Gasteiger partial charge in [0.2, 0.25) is 0 Å². The molecule has 0 spiro atoms. The van der Waals surface area contributed by atoms with Crippen molar-refractivity contribution in [3.63, 3.8) is 0 Å². The van der Waals surface area contributed by atoms with Gasteiger partial charge in [0.05, 0.1) is 7.11 Å². The van der Waals surface area contributed by atoms with E-state index in [-0.39, 0.29) is 5.97 Å². The van der Waals surface area contributed by atoms with Gasteiger partial charge in [-0.15, -0.1) is 0 Å². The maximum Gasteiger partial charge on any atom is 0.325 e. The molecule has 0 aliphatic carbocycles. The fraction of sp³-hybridized carbons (Fsp3) is 0.900. The zero-order valence-corrected chi connectivity index (χ0v) is 10.3. The molecule has 0 saturated heterocycles. The summed E-state index contributed by atoms with van der Waals surface area (Å²) >= 11 is 1.83. The van der Waals surface area contributed by atoms with Gasteiger partial charge in [-0.25, -0.2) is 0 Å². The summed E-state index contributed by atoms with van der Waals surface area (Å²) in [6.07, 6.45) is 0.664. The number of hydrogen-bond acceptors (Lipinski definition) is 4. The van der Waals surface area contributed by atoms with Crippen LogP contribution in [0.4, 0.5) is 0 Å². The molecule has 0 bridgehead atoms. The molecule has 1 unspecified atom stereocenters. The van der Waals surface area contributed by atoms with Crippen molar-refractivity contribution in [2.45, 2.75) is 32.7 Å². The molecule has 4 heteroatoms.